The highest BCUT2D eigenvalue weighted by atomic mass is 35.5. The summed E-state index contributed by atoms with van der Waals surface area (Å²) >= 11 is 5.68. The second-order valence-electron chi connectivity index (χ2n) is 3.59. The average Bonchev–Trinajstić information content (AvgIpc) is 2.28. The third-order valence-electron chi connectivity index (χ3n) is 2.30. The summed E-state index contributed by atoms with van der Waals surface area (Å²) in [5.74, 6) is 0. The standard InChI is InChI=1S/C10H10ClN3O4S/c1-2-8(6-12)19(17,18)13-9-5-7(11)3-4-10(9)14(15)16/h3-5,8,13H,2H2,1H3. The van der Waals surface area contributed by atoms with Gasteiger partial charge < -0.3 is 0 Å². The lowest BCUT2D eigenvalue weighted by Gasteiger charge is -2.11. The second-order valence-corrected chi connectivity index (χ2v) is 5.89. The van der Waals surface area contributed by atoms with E-state index in [1.54, 1.807) is 6.07 Å². The molecule has 0 bridgehead atoms. The quantitative estimate of drug-likeness (QED) is 0.662. The minimum atomic E-state index is -4.02. The van der Waals surface area contributed by atoms with E-state index in [9.17, 15) is 18.5 Å². The fourth-order valence-corrected chi connectivity index (χ4v) is 2.72. The molecule has 9 heteroatoms. The van der Waals surface area contributed by atoms with Gasteiger partial charge in [0.05, 0.1) is 11.0 Å². The van der Waals surface area contributed by atoms with Crippen LogP contribution >= 0.6 is 11.6 Å². The number of nitrogens with one attached hydrogen (secondary N) is 1. The molecule has 0 aliphatic carbocycles. The first kappa shape index (κ1) is 15.2. The molecule has 19 heavy (non-hydrogen) atoms. The van der Waals surface area contributed by atoms with Crippen molar-refractivity contribution >= 4 is 33.0 Å². The Bertz CT molecular complexity index is 639. The number of sulfonamides is 1. The molecule has 102 valence electrons. The first-order chi connectivity index (χ1) is 8.81. The molecule has 1 rings (SSSR count). The molecule has 0 aliphatic heterocycles. The first-order valence-corrected chi connectivity index (χ1v) is 7.09. The number of nitrogens with zero attached hydrogens (tertiary/aromatic N) is 2. The van der Waals surface area contributed by atoms with Gasteiger partial charge in [-0.1, -0.05) is 18.5 Å². The zero-order valence-electron chi connectivity index (χ0n) is 9.83. The zero-order chi connectivity index (χ0) is 14.6. The summed E-state index contributed by atoms with van der Waals surface area (Å²) in [4.78, 5) is 10.1. The predicted molar refractivity (Wildman–Crippen MR) is 70.3 cm³/mol. The minimum absolute atomic E-state index is 0.0696. The number of nitro benzene ring substituents is 1. The van der Waals surface area contributed by atoms with Gasteiger partial charge in [-0.15, -0.1) is 0 Å². The zero-order valence-corrected chi connectivity index (χ0v) is 11.4. The number of halogens is 1. The molecule has 0 saturated heterocycles. The van der Waals surface area contributed by atoms with Crippen LogP contribution in [-0.4, -0.2) is 18.6 Å². The SMILES string of the molecule is CCC(C#N)S(=O)(=O)Nc1cc(Cl)ccc1[N+](=O)[O-]. The number of benzene rings is 1. The molecule has 1 aromatic rings. The van der Waals surface area contributed by atoms with Crippen LogP contribution in [0.25, 0.3) is 0 Å². The van der Waals surface area contributed by atoms with E-state index in [1.165, 1.54) is 13.0 Å². The van der Waals surface area contributed by atoms with E-state index in [1.807, 2.05) is 4.72 Å². The molecule has 1 aromatic carbocycles. The maximum Gasteiger partial charge on any atom is 0.293 e. The Morgan fingerprint density at radius 3 is 2.68 bits per heavy atom. The Balaban J connectivity index is 3.23. The summed E-state index contributed by atoms with van der Waals surface area (Å²) < 4.78 is 25.7. The highest BCUT2D eigenvalue weighted by Gasteiger charge is 2.26. The lowest BCUT2D eigenvalue weighted by Crippen LogP contribution is -2.26. The van der Waals surface area contributed by atoms with Gasteiger partial charge in [0.2, 0.25) is 10.0 Å². The summed E-state index contributed by atoms with van der Waals surface area (Å²) in [7, 11) is -4.02. The van der Waals surface area contributed by atoms with Crippen LogP contribution in [0.4, 0.5) is 11.4 Å². The lowest BCUT2D eigenvalue weighted by atomic mass is 10.3. The van der Waals surface area contributed by atoms with Gasteiger partial charge in [0.1, 0.15) is 5.69 Å². The molecule has 0 heterocycles. The third kappa shape index (κ3) is 3.56. The van der Waals surface area contributed by atoms with Crippen molar-refractivity contribution in [3.05, 3.63) is 33.3 Å². The van der Waals surface area contributed by atoms with E-state index in [0.717, 1.165) is 12.1 Å². The van der Waals surface area contributed by atoms with Gasteiger partial charge >= 0.3 is 0 Å². The Hall–Kier alpha value is -1.85. The van der Waals surface area contributed by atoms with Crippen LogP contribution in [0.1, 0.15) is 13.3 Å². The maximum absolute atomic E-state index is 11.8. The van der Waals surface area contributed by atoms with Crippen LogP contribution in [0.3, 0.4) is 0 Å². The van der Waals surface area contributed by atoms with Gasteiger partial charge in [0, 0.05) is 11.1 Å². The first-order valence-electron chi connectivity index (χ1n) is 5.17. The predicted octanol–water partition coefficient (Wildman–Crippen LogP) is 2.29. The van der Waals surface area contributed by atoms with Crippen molar-refractivity contribution in [3.8, 4) is 6.07 Å². The molecule has 0 spiro atoms. The number of rotatable bonds is 5. The number of anilines is 1. The van der Waals surface area contributed by atoms with Crippen LogP contribution in [-0.2, 0) is 10.0 Å². The van der Waals surface area contributed by atoms with Crippen molar-refractivity contribution in [1.29, 1.82) is 5.26 Å². The fourth-order valence-electron chi connectivity index (χ4n) is 1.35. The molecule has 0 radical (unpaired) electrons. The Morgan fingerprint density at radius 1 is 1.58 bits per heavy atom. The van der Waals surface area contributed by atoms with E-state index in [4.69, 9.17) is 16.9 Å². The van der Waals surface area contributed by atoms with Gasteiger partial charge in [-0.2, -0.15) is 5.26 Å². The van der Waals surface area contributed by atoms with Crippen LogP contribution < -0.4 is 4.72 Å². The van der Waals surface area contributed by atoms with Crippen LogP contribution in [0, 0.1) is 21.4 Å². The topological polar surface area (TPSA) is 113 Å². The second kappa shape index (κ2) is 5.86. The largest absolute Gasteiger partial charge is 0.293 e. The summed E-state index contributed by atoms with van der Waals surface area (Å²) in [6.07, 6.45) is 0.0696. The monoisotopic (exact) mass is 303 g/mol. The molecule has 7 nitrogen and oxygen atoms in total. The lowest BCUT2D eigenvalue weighted by molar-refractivity contribution is -0.383. The smallest absolute Gasteiger partial charge is 0.276 e. The van der Waals surface area contributed by atoms with E-state index in [2.05, 4.69) is 0 Å². The summed E-state index contributed by atoms with van der Waals surface area (Å²) in [5, 5.41) is 18.4. The summed E-state index contributed by atoms with van der Waals surface area (Å²) in [5.41, 5.74) is -0.688. The van der Waals surface area contributed by atoms with E-state index < -0.39 is 25.9 Å². The van der Waals surface area contributed by atoms with E-state index in [0.29, 0.717) is 0 Å². The van der Waals surface area contributed by atoms with Crippen molar-refractivity contribution < 1.29 is 13.3 Å². The Labute approximate surface area is 115 Å². The third-order valence-corrected chi connectivity index (χ3v) is 4.22. The fraction of sp³-hybridized carbons (Fsp3) is 0.300. The molecule has 0 aliphatic rings. The van der Waals surface area contributed by atoms with Crippen molar-refractivity contribution in [3.63, 3.8) is 0 Å². The van der Waals surface area contributed by atoms with Crippen molar-refractivity contribution in [2.24, 2.45) is 0 Å². The minimum Gasteiger partial charge on any atom is -0.276 e. The molecule has 0 fully saturated rings. The van der Waals surface area contributed by atoms with Crippen molar-refractivity contribution in [2.45, 2.75) is 18.6 Å². The van der Waals surface area contributed by atoms with Gasteiger partial charge in [-0.05, 0) is 18.6 Å². The van der Waals surface area contributed by atoms with Gasteiger partial charge in [0.25, 0.3) is 5.69 Å². The van der Waals surface area contributed by atoms with Crippen molar-refractivity contribution in [2.75, 3.05) is 4.72 Å². The summed E-state index contributed by atoms with van der Waals surface area (Å²) in [6.45, 7) is 1.53. The molecule has 1 unspecified atom stereocenters. The molecule has 0 saturated carbocycles. The maximum atomic E-state index is 11.8. The Kier molecular flexibility index (Phi) is 4.69. The van der Waals surface area contributed by atoms with Crippen LogP contribution in [0.15, 0.2) is 18.2 Å². The van der Waals surface area contributed by atoms with Crippen LogP contribution in [0.5, 0.6) is 0 Å². The molecule has 0 aromatic heterocycles. The summed E-state index contributed by atoms with van der Waals surface area (Å²) in [6, 6.07) is 5.12. The van der Waals surface area contributed by atoms with Gasteiger partial charge in [-0.3, -0.25) is 14.8 Å². The van der Waals surface area contributed by atoms with E-state index in [-0.39, 0.29) is 17.1 Å². The number of hydrogen-bond acceptors (Lipinski definition) is 5. The molecular weight excluding hydrogens is 294 g/mol. The molecule has 0 amide bonds. The molecule has 1 N–H and O–H groups in total. The van der Waals surface area contributed by atoms with Gasteiger partial charge in [0.15, 0.2) is 5.25 Å². The molecule has 1 atom stereocenters. The number of hydrogen-bond donors (Lipinski definition) is 1. The number of nitro groups is 1. The van der Waals surface area contributed by atoms with E-state index >= 15 is 0 Å². The average molecular weight is 304 g/mol. The normalized spacial score (nSPS) is 12.5. The number of nitriles is 1. The van der Waals surface area contributed by atoms with Crippen molar-refractivity contribution in [1.82, 2.24) is 0 Å². The van der Waals surface area contributed by atoms with Gasteiger partial charge in [-0.25, -0.2) is 8.42 Å². The Morgan fingerprint density at radius 2 is 2.21 bits per heavy atom. The highest BCUT2D eigenvalue weighted by Crippen LogP contribution is 2.29. The van der Waals surface area contributed by atoms with Crippen LogP contribution in [0.2, 0.25) is 5.02 Å². The molecular formula is C10H10ClN3O4S. The highest BCUT2D eigenvalue weighted by molar-refractivity contribution is 7.93.